The van der Waals surface area contributed by atoms with Crippen LogP contribution in [0.25, 0.3) is 11.0 Å². The summed E-state index contributed by atoms with van der Waals surface area (Å²) in [4.78, 5) is 36.9. The number of rotatable bonds is 5. The minimum absolute atomic E-state index is 0.0313. The number of aromatic nitrogens is 2. The molecule has 8 heteroatoms. The predicted molar refractivity (Wildman–Crippen MR) is 138 cm³/mol. The quantitative estimate of drug-likeness (QED) is 0.507. The minimum Gasteiger partial charge on any atom is -0.383 e. The lowest BCUT2D eigenvalue weighted by Crippen LogP contribution is -2.51. The summed E-state index contributed by atoms with van der Waals surface area (Å²) in [6, 6.07) is 15.9. The smallest absolute Gasteiger partial charge is 0.287 e. The molecule has 3 aromatic rings. The van der Waals surface area contributed by atoms with E-state index >= 15 is 0 Å². The number of para-hydroxylation sites is 3. The first kappa shape index (κ1) is 23.0. The molecule has 5 atom stereocenters. The average molecular weight is 488 g/mol. The van der Waals surface area contributed by atoms with E-state index in [0.29, 0.717) is 18.3 Å². The van der Waals surface area contributed by atoms with Gasteiger partial charge in [0.1, 0.15) is 0 Å². The third-order valence-corrected chi connectivity index (χ3v) is 8.22. The maximum atomic E-state index is 14.1. The van der Waals surface area contributed by atoms with E-state index < -0.39 is 0 Å². The molecule has 0 spiro atoms. The molecular formula is C28H33N5O3. The van der Waals surface area contributed by atoms with E-state index in [2.05, 4.69) is 37.6 Å². The molecule has 1 saturated heterocycles. The summed E-state index contributed by atoms with van der Waals surface area (Å²) in [6.07, 6.45) is 4.53. The van der Waals surface area contributed by atoms with Gasteiger partial charge in [0.15, 0.2) is 5.82 Å². The van der Waals surface area contributed by atoms with E-state index in [-0.39, 0.29) is 35.9 Å². The number of anilines is 1. The molecule has 1 saturated carbocycles. The molecule has 3 heterocycles. The average Bonchev–Trinajstić information content (AvgIpc) is 3.54. The number of carbonyl (C=O) groups is 2. The van der Waals surface area contributed by atoms with Crippen LogP contribution in [0.1, 0.15) is 54.3 Å². The Morgan fingerprint density at radius 2 is 1.89 bits per heavy atom. The summed E-state index contributed by atoms with van der Waals surface area (Å²) < 4.78 is 5.52. The summed E-state index contributed by atoms with van der Waals surface area (Å²) in [6.45, 7) is 1.34. The standard InChI is InChI=1S/C28H33N5O3/c1-36-16-24-18-14-15-33(25(18)17-8-2-4-10-20(17)29-24)28(35)19-9-3-5-11-21(19)32-27(34)26-30-22-12-6-7-13-23(22)31-26/h2,4,6-8,10,12-13,18-19,21,24-25,29H,3,5,9,11,14-16H2,1H3,(H,30,31)(H,32,34)/t18-,19-,21+,24-,25-/m0/s1. The van der Waals surface area contributed by atoms with Gasteiger partial charge in [-0.2, -0.15) is 0 Å². The van der Waals surface area contributed by atoms with E-state index in [1.165, 1.54) is 5.56 Å². The van der Waals surface area contributed by atoms with Crippen LogP contribution in [0.4, 0.5) is 5.69 Å². The van der Waals surface area contributed by atoms with Crippen LogP contribution in [0.3, 0.4) is 0 Å². The SMILES string of the molecule is COC[C@@H]1Nc2ccccc2[C@H]2[C@H]1CCN2C(=O)[C@H]1CCCC[C@H]1NC(=O)c1nc2ccccc2[nH]1. The lowest BCUT2D eigenvalue weighted by molar-refractivity contribution is -0.139. The van der Waals surface area contributed by atoms with Gasteiger partial charge in [0, 0.05) is 31.3 Å². The number of aromatic amines is 1. The second kappa shape index (κ2) is 9.58. The van der Waals surface area contributed by atoms with E-state index in [9.17, 15) is 9.59 Å². The molecule has 0 bridgehead atoms. The maximum absolute atomic E-state index is 14.1. The second-order valence-corrected chi connectivity index (χ2v) is 10.3. The molecule has 3 N–H and O–H groups in total. The van der Waals surface area contributed by atoms with Crippen molar-refractivity contribution in [3.8, 4) is 0 Å². The zero-order valence-electron chi connectivity index (χ0n) is 20.6. The number of hydrogen-bond donors (Lipinski definition) is 3. The van der Waals surface area contributed by atoms with Crippen molar-refractivity contribution in [3.63, 3.8) is 0 Å². The molecule has 188 valence electrons. The molecular weight excluding hydrogens is 454 g/mol. The number of nitrogens with one attached hydrogen (secondary N) is 3. The number of benzene rings is 2. The zero-order chi connectivity index (χ0) is 24.6. The third kappa shape index (κ3) is 4.03. The van der Waals surface area contributed by atoms with Crippen LogP contribution >= 0.6 is 0 Å². The van der Waals surface area contributed by atoms with Gasteiger partial charge in [-0.15, -0.1) is 0 Å². The van der Waals surface area contributed by atoms with Crippen LogP contribution < -0.4 is 10.6 Å². The van der Waals surface area contributed by atoms with Crippen molar-refractivity contribution >= 4 is 28.5 Å². The number of carbonyl (C=O) groups excluding carboxylic acids is 2. The molecule has 6 rings (SSSR count). The van der Waals surface area contributed by atoms with Crippen molar-refractivity contribution < 1.29 is 14.3 Å². The van der Waals surface area contributed by atoms with Gasteiger partial charge < -0.3 is 25.3 Å². The molecule has 2 amide bonds. The number of nitrogens with zero attached hydrogens (tertiary/aromatic N) is 2. The summed E-state index contributed by atoms with van der Waals surface area (Å²) >= 11 is 0. The van der Waals surface area contributed by atoms with Crippen LogP contribution in [0.2, 0.25) is 0 Å². The summed E-state index contributed by atoms with van der Waals surface area (Å²) in [5, 5.41) is 6.80. The van der Waals surface area contributed by atoms with Gasteiger partial charge in [-0.1, -0.05) is 43.2 Å². The van der Waals surface area contributed by atoms with Crippen molar-refractivity contribution in [3.05, 3.63) is 59.9 Å². The normalized spacial score (nSPS) is 27.2. The maximum Gasteiger partial charge on any atom is 0.287 e. The molecule has 2 fully saturated rings. The number of hydrogen-bond acceptors (Lipinski definition) is 5. The highest BCUT2D eigenvalue weighted by Crippen LogP contribution is 2.47. The Labute approximate surface area is 210 Å². The Morgan fingerprint density at radius 3 is 2.75 bits per heavy atom. The number of methoxy groups -OCH3 is 1. The first-order valence-corrected chi connectivity index (χ1v) is 13.0. The van der Waals surface area contributed by atoms with Gasteiger partial charge in [0.2, 0.25) is 5.91 Å². The van der Waals surface area contributed by atoms with Gasteiger partial charge in [-0.3, -0.25) is 9.59 Å². The summed E-state index contributed by atoms with van der Waals surface area (Å²) in [7, 11) is 1.73. The largest absolute Gasteiger partial charge is 0.383 e. The topological polar surface area (TPSA) is 99.3 Å². The first-order valence-electron chi connectivity index (χ1n) is 13.0. The molecule has 36 heavy (non-hydrogen) atoms. The van der Waals surface area contributed by atoms with Crippen molar-refractivity contribution in [2.24, 2.45) is 11.8 Å². The number of amides is 2. The predicted octanol–water partition coefficient (Wildman–Crippen LogP) is 3.88. The molecule has 3 aliphatic rings. The molecule has 0 unspecified atom stereocenters. The third-order valence-electron chi connectivity index (χ3n) is 8.22. The van der Waals surface area contributed by atoms with Gasteiger partial charge in [-0.05, 0) is 43.0 Å². The summed E-state index contributed by atoms with van der Waals surface area (Å²) in [5.41, 5.74) is 3.85. The molecule has 2 aliphatic heterocycles. The van der Waals surface area contributed by atoms with E-state index in [0.717, 1.165) is 55.4 Å². The fraction of sp³-hybridized carbons (Fsp3) is 0.464. The fourth-order valence-corrected chi connectivity index (χ4v) is 6.53. The Bertz CT molecular complexity index is 1240. The number of imidazole rings is 1. The van der Waals surface area contributed by atoms with Crippen LogP contribution in [-0.4, -0.2) is 59.0 Å². The van der Waals surface area contributed by atoms with Crippen LogP contribution in [-0.2, 0) is 9.53 Å². The number of likely N-dealkylation sites (tertiary alicyclic amines) is 1. The van der Waals surface area contributed by atoms with Crippen LogP contribution in [0.5, 0.6) is 0 Å². The Hall–Kier alpha value is -3.39. The molecule has 1 aromatic heterocycles. The first-order chi connectivity index (χ1) is 17.6. The van der Waals surface area contributed by atoms with Crippen LogP contribution in [0, 0.1) is 11.8 Å². The van der Waals surface area contributed by atoms with Crippen molar-refractivity contribution in [2.45, 2.75) is 50.2 Å². The number of fused-ring (bicyclic) bond motifs is 4. The van der Waals surface area contributed by atoms with Crippen molar-refractivity contribution in [2.75, 3.05) is 25.6 Å². The Kier molecular flexibility index (Phi) is 6.13. The second-order valence-electron chi connectivity index (χ2n) is 10.3. The zero-order valence-corrected chi connectivity index (χ0v) is 20.6. The highest BCUT2D eigenvalue weighted by molar-refractivity contribution is 5.94. The number of ether oxygens (including phenoxy) is 1. The van der Waals surface area contributed by atoms with Gasteiger partial charge in [0.05, 0.1) is 35.6 Å². The van der Waals surface area contributed by atoms with Gasteiger partial charge >= 0.3 is 0 Å². The fourth-order valence-electron chi connectivity index (χ4n) is 6.53. The lowest BCUT2D eigenvalue weighted by atomic mass is 9.81. The van der Waals surface area contributed by atoms with Gasteiger partial charge in [0.25, 0.3) is 5.91 Å². The Morgan fingerprint density at radius 1 is 1.08 bits per heavy atom. The van der Waals surface area contributed by atoms with Crippen molar-refractivity contribution in [1.82, 2.24) is 20.2 Å². The number of H-pyrrole nitrogens is 1. The van der Waals surface area contributed by atoms with Gasteiger partial charge in [-0.25, -0.2) is 4.98 Å². The monoisotopic (exact) mass is 487 g/mol. The van der Waals surface area contributed by atoms with E-state index in [1.54, 1.807) is 7.11 Å². The molecule has 8 nitrogen and oxygen atoms in total. The summed E-state index contributed by atoms with van der Waals surface area (Å²) in [5.74, 6) is 0.279. The highest BCUT2D eigenvalue weighted by atomic mass is 16.5. The highest BCUT2D eigenvalue weighted by Gasteiger charge is 2.48. The lowest BCUT2D eigenvalue weighted by Gasteiger charge is -2.41. The molecule has 0 radical (unpaired) electrons. The molecule has 1 aliphatic carbocycles. The minimum atomic E-state index is -0.248. The van der Waals surface area contributed by atoms with E-state index in [1.807, 2.05) is 36.4 Å². The van der Waals surface area contributed by atoms with Crippen LogP contribution in [0.15, 0.2) is 48.5 Å². The Balaban J connectivity index is 1.24. The molecule has 2 aromatic carbocycles. The van der Waals surface area contributed by atoms with Crippen molar-refractivity contribution in [1.29, 1.82) is 0 Å². The van der Waals surface area contributed by atoms with E-state index in [4.69, 9.17) is 4.74 Å².